The van der Waals surface area contributed by atoms with E-state index in [4.69, 9.17) is 10.5 Å². The highest BCUT2D eigenvalue weighted by Gasteiger charge is 2.44. The first-order chi connectivity index (χ1) is 6.62. The van der Waals surface area contributed by atoms with Gasteiger partial charge >= 0.3 is 0 Å². The van der Waals surface area contributed by atoms with E-state index in [0.29, 0.717) is 12.5 Å². The van der Waals surface area contributed by atoms with Crippen LogP contribution in [0.4, 0.5) is 0 Å². The number of primary amides is 1. The van der Waals surface area contributed by atoms with Gasteiger partial charge in [0.1, 0.15) is 0 Å². The summed E-state index contributed by atoms with van der Waals surface area (Å²) in [5.74, 6) is -0.235. The fourth-order valence-corrected chi connectivity index (χ4v) is 2.23. The molecule has 0 saturated heterocycles. The molecule has 0 spiro atoms. The number of carbonyl (C=O) groups excluding carboxylic acids is 1. The Balaban J connectivity index is 2.40. The second-order valence-corrected chi connectivity index (χ2v) is 3.94. The lowest BCUT2D eigenvalue weighted by molar-refractivity contribution is -0.123. The predicted molar refractivity (Wildman–Crippen MR) is 54.9 cm³/mol. The van der Waals surface area contributed by atoms with E-state index in [9.17, 15) is 4.79 Å². The highest BCUT2D eigenvalue weighted by Crippen LogP contribution is 2.37. The quantitative estimate of drug-likeness (QED) is 0.652. The Labute approximate surface area is 85.2 Å². The van der Waals surface area contributed by atoms with Crippen LogP contribution in [0.15, 0.2) is 0 Å². The lowest BCUT2D eigenvalue weighted by Gasteiger charge is -2.47. The zero-order valence-corrected chi connectivity index (χ0v) is 9.01. The van der Waals surface area contributed by atoms with Crippen molar-refractivity contribution in [3.8, 4) is 0 Å². The minimum atomic E-state index is -0.235. The Hall–Kier alpha value is -0.610. The summed E-state index contributed by atoms with van der Waals surface area (Å²) in [7, 11) is 0. The van der Waals surface area contributed by atoms with Crippen molar-refractivity contribution in [2.75, 3.05) is 13.2 Å². The van der Waals surface area contributed by atoms with Gasteiger partial charge in [-0.2, -0.15) is 0 Å². The largest absolute Gasteiger partial charge is 0.378 e. The summed E-state index contributed by atoms with van der Waals surface area (Å²) >= 11 is 0. The average molecular weight is 200 g/mol. The van der Waals surface area contributed by atoms with Crippen LogP contribution in [0, 0.1) is 0 Å². The minimum absolute atomic E-state index is 0.0829. The van der Waals surface area contributed by atoms with Gasteiger partial charge in [-0.1, -0.05) is 6.92 Å². The molecule has 4 heteroatoms. The zero-order chi connectivity index (χ0) is 10.6. The van der Waals surface area contributed by atoms with Crippen LogP contribution in [0.5, 0.6) is 0 Å². The molecule has 4 nitrogen and oxygen atoms in total. The Morgan fingerprint density at radius 3 is 2.64 bits per heavy atom. The molecule has 1 saturated carbocycles. The number of carbonyl (C=O) groups is 1. The van der Waals surface area contributed by atoms with Crippen LogP contribution < -0.4 is 11.1 Å². The van der Waals surface area contributed by atoms with Gasteiger partial charge in [-0.3, -0.25) is 4.79 Å². The van der Waals surface area contributed by atoms with Crippen molar-refractivity contribution in [2.24, 2.45) is 5.73 Å². The molecule has 0 aromatic carbocycles. The maximum Gasteiger partial charge on any atom is 0.219 e. The highest BCUT2D eigenvalue weighted by molar-refractivity contribution is 5.75. The van der Waals surface area contributed by atoms with Gasteiger partial charge < -0.3 is 15.8 Å². The molecular weight excluding hydrogens is 180 g/mol. The van der Waals surface area contributed by atoms with Gasteiger partial charge in [0, 0.05) is 18.6 Å². The summed E-state index contributed by atoms with van der Waals surface area (Å²) in [6.07, 6.45) is 2.53. The number of nitrogens with one attached hydrogen (secondary N) is 1. The molecule has 0 unspecified atom stereocenters. The molecular formula is C10H20N2O2. The molecule has 3 N–H and O–H groups in total. The number of ether oxygens (including phenoxy) is 1. The molecule has 0 aromatic heterocycles. The number of hydrogen-bond acceptors (Lipinski definition) is 3. The van der Waals surface area contributed by atoms with E-state index in [0.717, 1.165) is 26.0 Å². The van der Waals surface area contributed by atoms with Crippen LogP contribution in [0.25, 0.3) is 0 Å². The molecule has 0 aromatic rings. The van der Waals surface area contributed by atoms with E-state index in [1.54, 1.807) is 0 Å². The summed E-state index contributed by atoms with van der Waals surface area (Å²) in [5, 5.41) is 3.33. The Bertz CT molecular complexity index is 200. The highest BCUT2D eigenvalue weighted by atomic mass is 16.5. The van der Waals surface area contributed by atoms with Crippen molar-refractivity contribution >= 4 is 5.91 Å². The molecule has 0 radical (unpaired) electrons. The molecule has 0 atom stereocenters. The van der Waals surface area contributed by atoms with Crippen LogP contribution in [0.3, 0.4) is 0 Å². The minimum Gasteiger partial charge on any atom is -0.378 e. The number of nitrogens with two attached hydrogens (primary N) is 1. The van der Waals surface area contributed by atoms with Crippen molar-refractivity contribution in [3.63, 3.8) is 0 Å². The second kappa shape index (κ2) is 4.75. The third-order valence-electron chi connectivity index (χ3n) is 2.70. The lowest BCUT2D eigenvalue weighted by Crippen LogP contribution is -2.59. The smallest absolute Gasteiger partial charge is 0.219 e. The van der Waals surface area contributed by atoms with E-state index in [2.05, 4.69) is 5.32 Å². The predicted octanol–water partition coefficient (Wildman–Crippen LogP) is 0.409. The van der Waals surface area contributed by atoms with E-state index >= 15 is 0 Å². The van der Waals surface area contributed by atoms with Crippen molar-refractivity contribution in [1.29, 1.82) is 0 Å². The van der Waals surface area contributed by atoms with Crippen LogP contribution in [0.2, 0.25) is 0 Å². The third-order valence-corrected chi connectivity index (χ3v) is 2.70. The maximum absolute atomic E-state index is 10.9. The van der Waals surface area contributed by atoms with Crippen molar-refractivity contribution in [3.05, 3.63) is 0 Å². The van der Waals surface area contributed by atoms with Crippen LogP contribution in [-0.2, 0) is 9.53 Å². The first-order valence-electron chi connectivity index (χ1n) is 5.27. The third kappa shape index (κ3) is 2.69. The summed E-state index contributed by atoms with van der Waals surface area (Å²) in [4.78, 5) is 10.9. The topological polar surface area (TPSA) is 64.3 Å². The van der Waals surface area contributed by atoms with E-state index in [1.165, 1.54) is 0 Å². The molecule has 1 rings (SSSR count). The second-order valence-electron chi connectivity index (χ2n) is 3.94. The fraction of sp³-hybridized carbons (Fsp3) is 0.900. The summed E-state index contributed by atoms with van der Waals surface area (Å²) in [5.41, 5.74) is 5.14. The van der Waals surface area contributed by atoms with Crippen LogP contribution in [0.1, 0.15) is 33.1 Å². The first kappa shape index (κ1) is 11.5. The molecule has 0 bridgehead atoms. The van der Waals surface area contributed by atoms with E-state index in [-0.39, 0.29) is 11.4 Å². The number of amides is 1. The summed E-state index contributed by atoms with van der Waals surface area (Å²) in [6.45, 7) is 5.63. The number of rotatable bonds is 6. The van der Waals surface area contributed by atoms with Gasteiger partial charge in [0.2, 0.25) is 5.91 Å². The maximum atomic E-state index is 10.9. The molecule has 14 heavy (non-hydrogen) atoms. The summed E-state index contributed by atoms with van der Waals surface area (Å²) < 4.78 is 5.47. The molecule has 0 aliphatic heterocycles. The molecule has 1 aliphatic carbocycles. The van der Waals surface area contributed by atoms with Crippen molar-refractivity contribution < 1.29 is 9.53 Å². The molecule has 0 heterocycles. The van der Waals surface area contributed by atoms with E-state index in [1.807, 2.05) is 13.8 Å². The van der Waals surface area contributed by atoms with Crippen molar-refractivity contribution in [2.45, 2.75) is 44.8 Å². The van der Waals surface area contributed by atoms with Gasteiger partial charge in [-0.25, -0.2) is 0 Å². The number of hydrogen-bond donors (Lipinski definition) is 2. The van der Waals surface area contributed by atoms with Gasteiger partial charge in [0.05, 0.1) is 6.10 Å². The first-order valence-corrected chi connectivity index (χ1v) is 5.27. The average Bonchev–Trinajstić information content (AvgIpc) is 2.01. The van der Waals surface area contributed by atoms with Crippen LogP contribution >= 0.6 is 0 Å². The monoisotopic (exact) mass is 200 g/mol. The van der Waals surface area contributed by atoms with Gasteiger partial charge in [-0.05, 0) is 26.3 Å². The Morgan fingerprint density at radius 2 is 2.21 bits per heavy atom. The molecule has 1 aliphatic rings. The van der Waals surface area contributed by atoms with Crippen LogP contribution in [-0.4, -0.2) is 30.7 Å². The standard InChI is InChI=1S/C10H20N2O2/c1-3-12-10(7-9(11)13)5-8(6-10)14-4-2/h8,12H,3-7H2,1-2H3,(H2,11,13). The summed E-state index contributed by atoms with van der Waals surface area (Å²) in [6, 6.07) is 0. The molecule has 1 fully saturated rings. The van der Waals surface area contributed by atoms with Gasteiger partial charge in [0.25, 0.3) is 0 Å². The Morgan fingerprint density at radius 1 is 1.57 bits per heavy atom. The fourth-order valence-electron chi connectivity index (χ4n) is 2.23. The zero-order valence-electron chi connectivity index (χ0n) is 9.01. The van der Waals surface area contributed by atoms with Gasteiger partial charge in [0.15, 0.2) is 0 Å². The lowest BCUT2D eigenvalue weighted by atomic mass is 9.71. The SMILES string of the molecule is CCNC1(CC(N)=O)CC(OCC)C1. The van der Waals surface area contributed by atoms with Gasteiger partial charge in [-0.15, -0.1) is 0 Å². The van der Waals surface area contributed by atoms with E-state index < -0.39 is 0 Å². The molecule has 82 valence electrons. The van der Waals surface area contributed by atoms with Crippen molar-refractivity contribution in [1.82, 2.24) is 5.32 Å². The Kier molecular flexibility index (Phi) is 3.89. The molecule has 1 amide bonds. The normalized spacial score (nSPS) is 31.1.